The van der Waals surface area contributed by atoms with Gasteiger partial charge in [-0.15, -0.1) is 0 Å². The highest BCUT2D eigenvalue weighted by Crippen LogP contribution is 2.29. The number of nitriles is 1. The van der Waals surface area contributed by atoms with Gasteiger partial charge in [-0.3, -0.25) is 9.59 Å². The van der Waals surface area contributed by atoms with Crippen molar-refractivity contribution in [2.75, 3.05) is 11.9 Å². The first-order chi connectivity index (χ1) is 19.0. The van der Waals surface area contributed by atoms with Crippen molar-refractivity contribution < 1.29 is 19.1 Å². The Balaban J connectivity index is 1.59. The van der Waals surface area contributed by atoms with Gasteiger partial charge in [0.25, 0.3) is 5.91 Å². The van der Waals surface area contributed by atoms with E-state index < -0.39 is 17.7 Å². The summed E-state index contributed by atoms with van der Waals surface area (Å²) in [6, 6.07) is 5.50. The third-order valence-corrected chi connectivity index (χ3v) is 6.99. The van der Waals surface area contributed by atoms with Gasteiger partial charge in [0.05, 0.1) is 35.2 Å². The van der Waals surface area contributed by atoms with Crippen LogP contribution in [0.15, 0.2) is 30.7 Å². The van der Waals surface area contributed by atoms with Crippen LogP contribution in [0.3, 0.4) is 0 Å². The first kappa shape index (κ1) is 28.9. The molecule has 1 fully saturated rings. The molecule has 0 aliphatic heterocycles. The van der Waals surface area contributed by atoms with Gasteiger partial charge in [-0.2, -0.15) is 15.0 Å². The summed E-state index contributed by atoms with van der Waals surface area (Å²) in [6.07, 6.45) is 5.63. The predicted octanol–water partition coefficient (Wildman–Crippen LogP) is 3.02. The Hall–Kier alpha value is -4.11. The fourth-order valence-corrected chi connectivity index (χ4v) is 4.66. The minimum Gasteiger partial charge on any atom is -0.387 e. The number of rotatable bonds is 9. The van der Waals surface area contributed by atoms with Crippen LogP contribution in [0.5, 0.6) is 0 Å². The Kier molecular flexibility index (Phi) is 8.64. The van der Waals surface area contributed by atoms with Crippen molar-refractivity contribution in [3.05, 3.63) is 41.9 Å². The summed E-state index contributed by atoms with van der Waals surface area (Å²) < 4.78 is 15.8. The highest BCUT2D eigenvalue weighted by Gasteiger charge is 2.29. The van der Waals surface area contributed by atoms with Crippen molar-refractivity contribution in [2.24, 2.45) is 5.92 Å². The summed E-state index contributed by atoms with van der Waals surface area (Å²) in [7, 11) is 0. The summed E-state index contributed by atoms with van der Waals surface area (Å²) >= 11 is 0. The van der Waals surface area contributed by atoms with Crippen LogP contribution in [-0.2, 0) is 4.79 Å². The number of aromatic nitrogens is 4. The van der Waals surface area contributed by atoms with Gasteiger partial charge in [-0.25, -0.2) is 14.4 Å². The average Bonchev–Trinajstić information content (AvgIpc) is 3.34. The normalized spacial score (nSPS) is 18.2. The molecule has 3 heterocycles. The quantitative estimate of drug-likeness (QED) is 0.317. The molecule has 4 N–H and O–H groups in total. The molecule has 0 radical (unpaired) electrons. The second kappa shape index (κ2) is 12.0. The Bertz CT molecular complexity index is 1420. The van der Waals surface area contributed by atoms with Crippen LogP contribution in [0.1, 0.15) is 69.3 Å². The van der Waals surface area contributed by atoms with Gasteiger partial charge in [-0.05, 0) is 59.4 Å². The minimum atomic E-state index is -1.66. The van der Waals surface area contributed by atoms with Crippen LogP contribution in [0, 0.1) is 17.2 Å². The lowest BCUT2D eigenvalue weighted by Gasteiger charge is -2.30. The Morgan fingerprint density at radius 2 is 1.90 bits per heavy atom. The number of amides is 2. The van der Waals surface area contributed by atoms with Crippen LogP contribution in [-0.4, -0.2) is 67.1 Å². The van der Waals surface area contributed by atoms with Gasteiger partial charge < -0.3 is 21.1 Å². The monoisotopic (exact) mass is 550 g/mol. The van der Waals surface area contributed by atoms with Gasteiger partial charge in [0.1, 0.15) is 12.2 Å². The third kappa shape index (κ3) is 6.71. The molecule has 1 atom stereocenters. The zero-order valence-corrected chi connectivity index (χ0v) is 23.1. The molecule has 1 aliphatic rings. The second-order valence-electron chi connectivity index (χ2n) is 11.1. The second-order valence-corrected chi connectivity index (χ2v) is 11.1. The SMILES string of the molecule is CC(C)NC(=O)C1CCC(Nc2cc(-n3ncc4cc(C#N)cnc43)ncc2C(=O)NCC(F)C(C)(C)O)CC1. The largest absolute Gasteiger partial charge is 0.387 e. The summed E-state index contributed by atoms with van der Waals surface area (Å²) in [4.78, 5) is 34.3. The summed E-state index contributed by atoms with van der Waals surface area (Å²) in [5, 5.41) is 33.1. The Morgan fingerprint density at radius 3 is 2.55 bits per heavy atom. The number of hydrogen-bond acceptors (Lipinski definition) is 8. The molecule has 0 saturated heterocycles. The number of aliphatic hydroxyl groups is 1. The molecule has 0 aromatic carbocycles. The number of fused-ring (bicyclic) bond motifs is 1. The Labute approximate surface area is 232 Å². The van der Waals surface area contributed by atoms with Crippen molar-refractivity contribution in [3.63, 3.8) is 0 Å². The zero-order valence-electron chi connectivity index (χ0n) is 23.1. The minimum absolute atomic E-state index is 0.000811. The van der Waals surface area contributed by atoms with E-state index in [1.54, 1.807) is 18.3 Å². The number of nitrogens with one attached hydrogen (secondary N) is 3. The molecule has 3 aromatic heterocycles. The molecule has 3 aromatic rings. The maximum atomic E-state index is 14.3. The number of nitrogens with zero attached hydrogens (tertiary/aromatic N) is 5. The van der Waals surface area contributed by atoms with E-state index in [0.717, 1.165) is 12.8 Å². The highest BCUT2D eigenvalue weighted by atomic mass is 19.1. The van der Waals surface area contributed by atoms with E-state index in [9.17, 15) is 19.1 Å². The van der Waals surface area contributed by atoms with Crippen LogP contribution < -0.4 is 16.0 Å². The lowest BCUT2D eigenvalue weighted by Crippen LogP contribution is -2.42. The van der Waals surface area contributed by atoms with Crippen LogP contribution in [0.2, 0.25) is 0 Å². The van der Waals surface area contributed by atoms with E-state index in [2.05, 4.69) is 37.1 Å². The van der Waals surface area contributed by atoms with E-state index in [1.807, 2.05) is 13.8 Å². The molecule has 4 rings (SSSR count). The van der Waals surface area contributed by atoms with Crippen molar-refractivity contribution in [1.82, 2.24) is 30.4 Å². The topological polar surface area (TPSA) is 158 Å². The molecular formula is C28H35FN8O3. The zero-order chi connectivity index (χ0) is 29.0. The molecule has 12 heteroatoms. The van der Waals surface area contributed by atoms with Crippen molar-refractivity contribution in [2.45, 2.75) is 77.2 Å². The number of halogens is 1. The fraction of sp³-hybridized carbons (Fsp3) is 0.500. The van der Waals surface area contributed by atoms with Crippen LogP contribution in [0.4, 0.5) is 10.1 Å². The number of anilines is 1. The summed E-state index contributed by atoms with van der Waals surface area (Å²) in [5.41, 5.74) is -0.00608. The van der Waals surface area contributed by atoms with Gasteiger partial charge in [0, 0.05) is 41.8 Å². The molecule has 11 nitrogen and oxygen atoms in total. The molecule has 0 spiro atoms. The molecule has 212 valence electrons. The number of carbonyl (C=O) groups excluding carboxylic acids is 2. The maximum absolute atomic E-state index is 14.3. The van der Waals surface area contributed by atoms with Crippen molar-refractivity contribution in [1.29, 1.82) is 5.26 Å². The van der Waals surface area contributed by atoms with Gasteiger partial charge >= 0.3 is 0 Å². The van der Waals surface area contributed by atoms with E-state index in [0.29, 0.717) is 40.9 Å². The van der Waals surface area contributed by atoms with Gasteiger partial charge in [0.2, 0.25) is 5.91 Å². The highest BCUT2D eigenvalue weighted by molar-refractivity contribution is 5.99. The lowest BCUT2D eigenvalue weighted by molar-refractivity contribution is -0.126. The first-order valence-electron chi connectivity index (χ1n) is 13.4. The molecule has 40 heavy (non-hydrogen) atoms. The van der Waals surface area contributed by atoms with E-state index in [4.69, 9.17) is 5.26 Å². The summed E-state index contributed by atoms with van der Waals surface area (Å²) in [6.45, 7) is 6.19. The van der Waals surface area contributed by atoms with Gasteiger partial charge in [0.15, 0.2) is 11.5 Å². The third-order valence-electron chi connectivity index (χ3n) is 6.99. The number of pyridine rings is 2. The predicted molar refractivity (Wildman–Crippen MR) is 148 cm³/mol. The number of carbonyl (C=O) groups is 2. The van der Waals surface area contributed by atoms with E-state index in [-0.39, 0.29) is 36.0 Å². The number of alkyl halides is 1. The number of hydrogen-bond donors (Lipinski definition) is 4. The maximum Gasteiger partial charge on any atom is 0.255 e. The summed E-state index contributed by atoms with van der Waals surface area (Å²) in [5.74, 6) is -0.138. The molecule has 1 aliphatic carbocycles. The standard InChI is InChI=1S/C28H35FN8O3/c1-16(2)35-26(38)18-5-7-20(8-6-18)36-22-10-24(37-25-19(13-34-37)9-17(11-30)12-32-25)31-14-21(22)27(39)33-15-23(29)28(3,4)40/h9-10,12-14,16,18,20,23,40H,5-8,15H2,1-4H3,(H,31,36)(H,33,39)(H,35,38). The molecule has 2 amide bonds. The molecular weight excluding hydrogens is 515 g/mol. The van der Waals surface area contributed by atoms with E-state index in [1.165, 1.54) is 30.9 Å². The average molecular weight is 551 g/mol. The van der Waals surface area contributed by atoms with Crippen molar-refractivity contribution in [3.8, 4) is 11.9 Å². The molecule has 1 saturated carbocycles. The van der Waals surface area contributed by atoms with Crippen LogP contribution >= 0.6 is 0 Å². The van der Waals surface area contributed by atoms with Crippen molar-refractivity contribution >= 4 is 28.5 Å². The van der Waals surface area contributed by atoms with E-state index >= 15 is 0 Å². The smallest absolute Gasteiger partial charge is 0.255 e. The lowest BCUT2D eigenvalue weighted by atomic mass is 9.85. The molecule has 0 bridgehead atoms. The van der Waals surface area contributed by atoms with Gasteiger partial charge in [-0.1, -0.05) is 0 Å². The molecule has 1 unspecified atom stereocenters. The van der Waals surface area contributed by atoms with Crippen LogP contribution in [0.25, 0.3) is 16.9 Å². The first-order valence-corrected chi connectivity index (χ1v) is 13.4. The fourth-order valence-electron chi connectivity index (χ4n) is 4.66. The Morgan fingerprint density at radius 1 is 1.18 bits per heavy atom.